The summed E-state index contributed by atoms with van der Waals surface area (Å²) >= 11 is 0. The first kappa shape index (κ1) is 16.2. The molecule has 2 unspecified atom stereocenters. The lowest BCUT2D eigenvalue weighted by Gasteiger charge is -2.32. The van der Waals surface area contributed by atoms with E-state index in [9.17, 15) is 4.79 Å². The second-order valence-electron chi connectivity index (χ2n) is 6.59. The van der Waals surface area contributed by atoms with Crippen LogP contribution in [0.5, 0.6) is 0 Å². The van der Waals surface area contributed by atoms with Crippen molar-refractivity contribution in [2.24, 2.45) is 0 Å². The van der Waals surface area contributed by atoms with E-state index in [0.29, 0.717) is 38.4 Å². The number of pyridine rings is 1. The Hall–Kier alpha value is -2.32. The molecule has 4 heterocycles. The number of hydrogen-bond donors (Lipinski definition) is 0. The minimum Gasteiger partial charge on any atom is -0.377 e. The molecule has 0 saturated carbocycles. The van der Waals surface area contributed by atoms with Gasteiger partial charge >= 0.3 is 0 Å². The summed E-state index contributed by atoms with van der Waals surface area (Å²) in [6, 6.07) is 3.48. The summed E-state index contributed by atoms with van der Waals surface area (Å²) in [7, 11) is 0. The van der Waals surface area contributed by atoms with Gasteiger partial charge in [0.05, 0.1) is 32.4 Å². The number of amides is 1. The first-order valence-corrected chi connectivity index (χ1v) is 8.51. The molecule has 1 spiro atoms. The van der Waals surface area contributed by atoms with Crippen molar-refractivity contribution >= 4 is 5.91 Å². The maximum Gasteiger partial charge on any atom is 0.254 e. The highest BCUT2D eigenvalue weighted by molar-refractivity contribution is 5.94. The molecule has 0 aromatic carbocycles. The molecule has 2 aliphatic heterocycles. The summed E-state index contributed by atoms with van der Waals surface area (Å²) in [5.74, 6) is -0.00407. The van der Waals surface area contributed by atoms with Crippen molar-refractivity contribution < 1.29 is 14.3 Å². The zero-order chi connectivity index (χ0) is 17.1. The molecular formula is C17H21N5O3. The average molecular weight is 343 g/mol. The van der Waals surface area contributed by atoms with Crippen LogP contribution in [0, 0.1) is 0 Å². The second-order valence-corrected chi connectivity index (χ2v) is 6.59. The molecule has 2 aliphatic rings. The summed E-state index contributed by atoms with van der Waals surface area (Å²) < 4.78 is 13.9. The number of ether oxygens (including phenoxy) is 2. The highest BCUT2D eigenvalue weighted by Crippen LogP contribution is 2.34. The zero-order valence-corrected chi connectivity index (χ0v) is 14.0. The van der Waals surface area contributed by atoms with Crippen molar-refractivity contribution in [3.05, 3.63) is 42.7 Å². The van der Waals surface area contributed by atoms with Crippen LogP contribution in [0.4, 0.5) is 0 Å². The van der Waals surface area contributed by atoms with Crippen molar-refractivity contribution in [1.29, 1.82) is 0 Å². The van der Waals surface area contributed by atoms with Gasteiger partial charge in [0.1, 0.15) is 18.3 Å². The van der Waals surface area contributed by atoms with Crippen LogP contribution >= 0.6 is 0 Å². The number of carbonyl (C=O) groups is 1. The minimum atomic E-state index is -0.440. The molecule has 8 heteroatoms. The maximum atomic E-state index is 12.8. The van der Waals surface area contributed by atoms with Crippen LogP contribution in [0.15, 0.2) is 37.2 Å². The molecule has 0 aliphatic carbocycles. The fourth-order valence-corrected chi connectivity index (χ4v) is 3.54. The van der Waals surface area contributed by atoms with Gasteiger partial charge in [0.25, 0.3) is 5.91 Å². The molecule has 0 bridgehead atoms. The van der Waals surface area contributed by atoms with Crippen LogP contribution in [0.25, 0.3) is 0 Å². The van der Waals surface area contributed by atoms with E-state index in [-0.39, 0.29) is 12.0 Å². The maximum absolute atomic E-state index is 12.8. The molecule has 8 nitrogen and oxygen atoms in total. The van der Waals surface area contributed by atoms with Crippen LogP contribution < -0.4 is 0 Å². The van der Waals surface area contributed by atoms with Gasteiger partial charge in [0.2, 0.25) is 0 Å². The lowest BCUT2D eigenvalue weighted by Crippen LogP contribution is -2.46. The van der Waals surface area contributed by atoms with Gasteiger partial charge in [-0.3, -0.25) is 14.5 Å². The van der Waals surface area contributed by atoms with E-state index >= 15 is 0 Å². The van der Waals surface area contributed by atoms with Gasteiger partial charge in [-0.2, -0.15) is 5.10 Å². The van der Waals surface area contributed by atoms with Gasteiger partial charge in [0, 0.05) is 24.5 Å². The van der Waals surface area contributed by atoms with Crippen molar-refractivity contribution in [3.63, 3.8) is 0 Å². The summed E-state index contributed by atoms with van der Waals surface area (Å²) in [6.07, 6.45) is 8.33. The van der Waals surface area contributed by atoms with E-state index < -0.39 is 5.60 Å². The van der Waals surface area contributed by atoms with Crippen LogP contribution in [-0.2, 0) is 16.0 Å². The Morgan fingerprint density at radius 1 is 1.32 bits per heavy atom. The van der Waals surface area contributed by atoms with Crippen LogP contribution in [-0.4, -0.2) is 68.6 Å². The molecule has 2 fully saturated rings. The monoisotopic (exact) mass is 343 g/mol. The molecule has 1 amide bonds. The first-order chi connectivity index (χ1) is 12.2. The summed E-state index contributed by atoms with van der Waals surface area (Å²) in [4.78, 5) is 22.6. The highest BCUT2D eigenvalue weighted by atomic mass is 16.6. The van der Waals surface area contributed by atoms with Gasteiger partial charge in [-0.1, -0.05) is 0 Å². The SMILES string of the molecule is O=C(c1ccncc1)N1CCOCC2(CCC(Cn3cncn3)O2)C1. The van der Waals surface area contributed by atoms with Gasteiger partial charge in [-0.15, -0.1) is 0 Å². The molecule has 25 heavy (non-hydrogen) atoms. The number of hydrogen-bond acceptors (Lipinski definition) is 6. The predicted molar refractivity (Wildman–Crippen MR) is 87.8 cm³/mol. The molecule has 0 radical (unpaired) electrons. The van der Waals surface area contributed by atoms with E-state index in [1.54, 1.807) is 35.5 Å². The lowest BCUT2D eigenvalue weighted by molar-refractivity contribution is -0.0881. The summed E-state index contributed by atoms with van der Waals surface area (Å²) in [6.45, 7) is 2.82. The largest absolute Gasteiger partial charge is 0.377 e. The van der Waals surface area contributed by atoms with Gasteiger partial charge < -0.3 is 14.4 Å². The van der Waals surface area contributed by atoms with Crippen molar-refractivity contribution in [2.75, 3.05) is 26.3 Å². The second kappa shape index (κ2) is 6.89. The Labute approximate surface area is 145 Å². The van der Waals surface area contributed by atoms with Crippen LogP contribution in [0.1, 0.15) is 23.2 Å². The van der Waals surface area contributed by atoms with Crippen molar-refractivity contribution in [2.45, 2.75) is 31.1 Å². The Kier molecular flexibility index (Phi) is 4.46. The Morgan fingerprint density at radius 3 is 3.00 bits per heavy atom. The summed E-state index contributed by atoms with van der Waals surface area (Å²) in [5, 5.41) is 4.14. The standard InChI is InChI=1S/C17H21N5O3/c23-16(14-2-5-18-6-3-14)21-7-8-24-11-17(10-21)4-1-15(25-17)9-22-13-19-12-20-22/h2-3,5-6,12-13,15H,1,4,7-11H2. The Morgan fingerprint density at radius 2 is 2.20 bits per heavy atom. The Balaban J connectivity index is 1.46. The fraction of sp³-hybridized carbons (Fsp3) is 0.529. The Bertz CT molecular complexity index is 708. The number of nitrogens with zero attached hydrogens (tertiary/aromatic N) is 5. The third-order valence-electron chi connectivity index (χ3n) is 4.76. The highest BCUT2D eigenvalue weighted by Gasteiger charge is 2.44. The molecule has 2 aromatic heterocycles. The normalized spacial score (nSPS) is 26.7. The average Bonchev–Trinajstić information content (AvgIpc) is 3.23. The molecule has 4 rings (SSSR count). The fourth-order valence-electron chi connectivity index (χ4n) is 3.54. The zero-order valence-electron chi connectivity index (χ0n) is 14.0. The van der Waals surface area contributed by atoms with Gasteiger partial charge in [0.15, 0.2) is 0 Å². The third kappa shape index (κ3) is 3.54. The minimum absolute atomic E-state index is 0.00407. The van der Waals surface area contributed by atoms with Gasteiger partial charge in [-0.25, -0.2) is 4.98 Å². The molecule has 2 saturated heterocycles. The number of aromatic nitrogens is 4. The number of rotatable bonds is 3. The first-order valence-electron chi connectivity index (χ1n) is 8.51. The molecule has 2 atom stereocenters. The summed E-state index contributed by atoms with van der Waals surface area (Å²) in [5.41, 5.74) is 0.203. The van der Waals surface area contributed by atoms with E-state index in [4.69, 9.17) is 9.47 Å². The van der Waals surface area contributed by atoms with E-state index in [2.05, 4.69) is 15.1 Å². The van der Waals surface area contributed by atoms with Crippen LogP contribution in [0.3, 0.4) is 0 Å². The topological polar surface area (TPSA) is 82.4 Å². The van der Waals surface area contributed by atoms with Gasteiger partial charge in [-0.05, 0) is 25.0 Å². The van der Waals surface area contributed by atoms with E-state index in [1.807, 2.05) is 4.90 Å². The van der Waals surface area contributed by atoms with Crippen molar-refractivity contribution in [1.82, 2.24) is 24.6 Å². The smallest absolute Gasteiger partial charge is 0.254 e. The molecular weight excluding hydrogens is 322 g/mol. The molecule has 0 N–H and O–H groups in total. The van der Waals surface area contributed by atoms with Crippen molar-refractivity contribution in [3.8, 4) is 0 Å². The van der Waals surface area contributed by atoms with Crippen LogP contribution in [0.2, 0.25) is 0 Å². The van der Waals surface area contributed by atoms with E-state index in [0.717, 1.165) is 12.8 Å². The number of carbonyl (C=O) groups excluding carboxylic acids is 1. The lowest BCUT2D eigenvalue weighted by atomic mass is 9.99. The van der Waals surface area contributed by atoms with E-state index in [1.165, 1.54) is 6.33 Å². The quantitative estimate of drug-likeness (QED) is 0.818. The predicted octanol–water partition coefficient (Wildman–Crippen LogP) is 0.763. The third-order valence-corrected chi connectivity index (χ3v) is 4.76. The molecule has 2 aromatic rings. The molecule has 132 valence electrons.